The van der Waals surface area contributed by atoms with E-state index in [1.54, 1.807) is 12.1 Å². The third kappa shape index (κ3) is 3.75. The number of pyridine rings is 1. The summed E-state index contributed by atoms with van der Waals surface area (Å²) in [5, 5.41) is 0. The molecule has 0 atom stereocenters. The minimum absolute atomic E-state index is 0.273. The summed E-state index contributed by atoms with van der Waals surface area (Å²) in [7, 11) is 1.34. The van der Waals surface area contributed by atoms with Gasteiger partial charge in [0.05, 0.1) is 0 Å². The maximum absolute atomic E-state index is 12.1. The molecule has 2 N–H and O–H groups in total. The molecule has 1 aromatic rings. The summed E-state index contributed by atoms with van der Waals surface area (Å²) < 4.78 is 36.2. The van der Waals surface area contributed by atoms with Crippen LogP contribution in [0.15, 0.2) is 18.3 Å². The molecule has 6 heteroatoms. The smallest absolute Gasteiger partial charge is 0.351 e. The number of hydrogen-bond donors (Lipinski definition) is 1. The lowest BCUT2D eigenvalue weighted by Gasteiger charge is -2.20. The molecule has 0 aliphatic carbocycles. The molecule has 84 valence electrons. The van der Waals surface area contributed by atoms with Crippen LogP contribution >= 0.6 is 0 Å². The van der Waals surface area contributed by atoms with Crippen molar-refractivity contribution in [1.82, 2.24) is 4.98 Å². The lowest BCUT2D eigenvalue weighted by molar-refractivity contribution is -0.119. The second-order valence-electron chi connectivity index (χ2n) is 3.20. The summed E-state index contributed by atoms with van der Waals surface area (Å²) in [4.78, 5) is 4.88. The van der Waals surface area contributed by atoms with Gasteiger partial charge >= 0.3 is 6.18 Å². The van der Waals surface area contributed by atoms with Gasteiger partial charge in [-0.25, -0.2) is 4.98 Å². The van der Waals surface area contributed by atoms with Gasteiger partial charge < -0.3 is 10.6 Å². The van der Waals surface area contributed by atoms with Crippen LogP contribution in [0.4, 0.5) is 19.0 Å². The van der Waals surface area contributed by atoms with Gasteiger partial charge in [0, 0.05) is 19.8 Å². The predicted molar refractivity (Wildman–Crippen MR) is 51.5 cm³/mol. The highest BCUT2D eigenvalue weighted by Gasteiger charge is 2.29. The van der Waals surface area contributed by atoms with E-state index in [9.17, 15) is 13.2 Å². The van der Waals surface area contributed by atoms with Crippen LogP contribution in [0.3, 0.4) is 0 Å². The predicted octanol–water partition coefficient (Wildman–Crippen LogP) is 1.54. The maximum atomic E-state index is 12.1. The first-order chi connectivity index (χ1) is 6.92. The van der Waals surface area contributed by atoms with Crippen molar-refractivity contribution in [2.24, 2.45) is 5.73 Å². The minimum Gasteiger partial charge on any atom is -0.351 e. The van der Waals surface area contributed by atoms with Crippen molar-refractivity contribution in [3.63, 3.8) is 0 Å². The third-order valence-electron chi connectivity index (χ3n) is 1.85. The molecule has 0 saturated heterocycles. The van der Waals surface area contributed by atoms with Crippen LogP contribution in [-0.4, -0.2) is 24.8 Å². The van der Waals surface area contributed by atoms with Crippen LogP contribution in [0.25, 0.3) is 0 Å². The van der Waals surface area contributed by atoms with Gasteiger partial charge in [0.15, 0.2) is 0 Å². The van der Waals surface area contributed by atoms with Crippen LogP contribution in [-0.2, 0) is 6.54 Å². The van der Waals surface area contributed by atoms with E-state index in [1.165, 1.54) is 13.2 Å². The molecule has 0 aliphatic heterocycles. The largest absolute Gasteiger partial charge is 0.405 e. The summed E-state index contributed by atoms with van der Waals surface area (Å²) in [6.45, 7) is -0.733. The monoisotopic (exact) mass is 219 g/mol. The average molecular weight is 219 g/mol. The molecule has 0 aromatic carbocycles. The van der Waals surface area contributed by atoms with Crippen molar-refractivity contribution < 1.29 is 13.2 Å². The third-order valence-corrected chi connectivity index (χ3v) is 1.85. The lowest BCUT2D eigenvalue weighted by atomic mass is 10.2. The van der Waals surface area contributed by atoms with E-state index in [0.29, 0.717) is 0 Å². The second-order valence-corrected chi connectivity index (χ2v) is 3.20. The highest BCUT2D eigenvalue weighted by atomic mass is 19.4. The molecule has 15 heavy (non-hydrogen) atoms. The molecule has 0 spiro atoms. The molecular formula is C9H12F3N3. The van der Waals surface area contributed by atoms with E-state index in [-0.39, 0.29) is 12.4 Å². The SMILES string of the molecule is CN(CC(F)(F)F)c1cc(CN)ccn1. The summed E-state index contributed by atoms with van der Waals surface area (Å²) in [6, 6.07) is 3.22. The van der Waals surface area contributed by atoms with E-state index < -0.39 is 12.7 Å². The van der Waals surface area contributed by atoms with Gasteiger partial charge in [-0.15, -0.1) is 0 Å². The van der Waals surface area contributed by atoms with Gasteiger partial charge in [0.2, 0.25) is 0 Å². The fourth-order valence-corrected chi connectivity index (χ4v) is 1.15. The first kappa shape index (κ1) is 11.8. The molecular weight excluding hydrogens is 207 g/mol. The van der Waals surface area contributed by atoms with Gasteiger partial charge in [-0.1, -0.05) is 0 Å². The van der Waals surface area contributed by atoms with Gasteiger partial charge in [0.1, 0.15) is 12.4 Å². The number of nitrogens with two attached hydrogens (primary N) is 1. The Morgan fingerprint density at radius 1 is 1.47 bits per heavy atom. The number of aromatic nitrogens is 1. The first-order valence-electron chi connectivity index (χ1n) is 4.35. The fraction of sp³-hybridized carbons (Fsp3) is 0.444. The molecule has 0 aliphatic rings. The Bertz CT molecular complexity index is 325. The highest BCUT2D eigenvalue weighted by molar-refractivity contribution is 5.40. The first-order valence-corrected chi connectivity index (χ1v) is 4.35. The zero-order chi connectivity index (χ0) is 11.5. The Hall–Kier alpha value is -1.30. The van der Waals surface area contributed by atoms with Crippen molar-refractivity contribution in [3.8, 4) is 0 Å². The van der Waals surface area contributed by atoms with Crippen molar-refractivity contribution >= 4 is 5.82 Å². The topological polar surface area (TPSA) is 42.1 Å². The molecule has 3 nitrogen and oxygen atoms in total. The zero-order valence-corrected chi connectivity index (χ0v) is 8.25. The summed E-state index contributed by atoms with van der Waals surface area (Å²) >= 11 is 0. The van der Waals surface area contributed by atoms with Gasteiger partial charge in [-0.2, -0.15) is 13.2 Å². The standard InChI is InChI=1S/C9H12F3N3/c1-15(6-9(10,11)12)8-4-7(5-13)2-3-14-8/h2-4H,5-6,13H2,1H3. The van der Waals surface area contributed by atoms with Crippen molar-refractivity contribution in [3.05, 3.63) is 23.9 Å². The quantitative estimate of drug-likeness (QED) is 0.838. The molecule has 0 fully saturated rings. The van der Waals surface area contributed by atoms with Crippen molar-refractivity contribution in [2.75, 3.05) is 18.5 Å². The van der Waals surface area contributed by atoms with Crippen molar-refractivity contribution in [1.29, 1.82) is 0 Å². The highest BCUT2D eigenvalue weighted by Crippen LogP contribution is 2.19. The van der Waals surface area contributed by atoms with Gasteiger partial charge in [-0.05, 0) is 17.7 Å². The van der Waals surface area contributed by atoms with Crippen LogP contribution in [0.1, 0.15) is 5.56 Å². The molecule has 1 aromatic heterocycles. The zero-order valence-electron chi connectivity index (χ0n) is 8.25. The van der Waals surface area contributed by atoms with E-state index in [4.69, 9.17) is 5.73 Å². The van der Waals surface area contributed by atoms with E-state index in [0.717, 1.165) is 10.5 Å². The Balaban J connectivity index is 2.77. The van der Waals surface area contributed by atoms with Crippen LogP contribution < -0.4 is 10.6 Å². The molecule has 0 radical (unpaired) electrons. The van der Waals surface area contributed by atoms with Crippen LogP contribution in [0.5, 0.6) is 0 Å². The van der Waals surface area contributed by atoms with Gasteiger partial charge in [0.25, 0.3) is 0 Å². The number of rotatable bonds is 3. The number of nitrogens with zero attached hydrogens (tertiary/aromatic N) is 2. The Morgan fingerprint density at radius 3 is 2.67 bits per heavy atom. The normalized spacial score (nSPS) is 11.5. The molecule has 0 bridgehead atoms. The number of hydrogen-bond acceptors (Lipinski definition) is 3. The van der Waals surface area contributed by atoms with Gasteiger partial charge in [-0.3, -0.25) is 0 Å². The van der Waals surface area contributed by atoms with E-state index >= 15 is 0 Å². The summed E-state index contributed by atoms with van der Waals surface area (Å²) in [5.41, 5.74) is 6.14. The Kier molecular flexibility index (Phi) is 3.52. The van der Waals surface area contributed by atoms with E-state index in [1.807, 2.05) is 0 Å². The second kappa shape index (κ2) is 4.48. The maximum Gasteiger partial charge on any atom is 0.405 e. The Morgan fingerprint density at radius 2 is 2.13 bits per heavy atom. The number of alkyl halides is 3. The number of halogens is 3. The van der Waals surface area contributed by atoms with E-state index in [2.05, 4.69) is 4.98 Å². The Labute approximate surface area is 85.7 Å². The summed E-state index contributed by atoms with van der Waals surface area (Å²) in [5.74, 6) is 0.273. The average Bonchev–Trinajstić information content (AvgIpc) is 2.15. The van der Waals surface area contributed by atoms with Crippen LogP contribution in [0, 0.1) is 0 Å². The molecule has 0 saturated carbocycles. The minimum atomic E-state index is -4.23. The lowest BCUT2D eigenvalue weighted by Crippen LogP contribution is -2.31. The molecule has 1 heterocycles. The molecule has 1 rings (SSSR count). The fourth-order valence-electron chi connectivity index (χ4n) is 1.15. The summed E-state index contributed by atoms with van der Waals surface area (Å²) in [6.07, 6.45) is -2.78. The number of anilines is 1. The van der Waals surface area contributed by atoms with Crippen molar-refractivity contribution in [2.45, 2.75) is 12.7 Å². The van der Waals surface area contributed by atoms with Crippen LogP contribution in [0.2, 0.25) is 0 Å². The molecule has 0 amide bonds. The molecule has 0 unspecified atom stereocenters.